The van der Waals surface area contributed by atoms with Crippen LogP contribution in [0, 0.1) is 11.8 Å². The Balaban J connectivity index is 4.96. The molecule has 116 valence electrons. The summed E-state index contributed by atoms with van der Waals surface area (Å²) in [5.74, 6) is -4.92. The maximum Gasteiger partial charge on any atom is 0.324 e. The zero-order chi connectivity index (χ0) is 16.4. The number of carbonyl (C=O) groups is 4. The van der Waals surface area contributed by atoms with Gasteiger partial charge in [0.15, 0.2) is 11.6 Å². The Morgan fingerprint density at radius 2 is 1.19 bits per heavy atom. The van der Waals surface area contributed by atoms with Crippen molar-refractivity contribution in [3.63, 3.8) is 0 Å². The molecule has 0 aliphatic carbocycles. The number of carbonyl (C=O) groups excluding carboxylic acids is 4. The van der Waals surface area contributed by atoms with Gasteiger partial charge in [-0.05, 0) is 25.0 Å². The number of hydrogen-bond acceptors (Lipinski definition) is 5. The molecule has 0 N–H and O–H groups in total. The Labute approximate surface area is 125 Å². The maximum absolute atomic E-state index is 11.9. The minimum atomic E-state index is -1.04. The molecule has 0 amide bonds. The normalized spacial score (nSPS) is 12.9. The van der Waals surface area contributed by atoms with Crippen LogP contribution in [0.4, 0.5) is 0 Å². The molecule has 0 saturated carbocycles. The van der Waals surface area contributed by atoms with Crippen LogP contribution >= 0.6 is 0 Å². The van der Waals surface area contributed by atoms with E-state index in [9.17, 15) is 19.2 Å². The van der Waals surface area contributed by atoms with E-state index in [-0.39, 0.29) is 12.8 Å². The summed E-state index contributed by atoms with van der Waals surface area (Å²) in [6.45, 7) is 10.3. The molecule has 0 aliphatic heterocycles. The van der Waals surface area contributed by atoms with E-state index in [2.05, 4.69) is 13.2 Å². The van der Waals surface area contributed by atoms with Crippen LogP contribution in [0.3, 0.4) is 0 Å². The first-order valence-corrected chi connectivity index (χ1v) is 7.00. The fourth-order valence-corrected chi connectivity index (χ4v) is 1.86. The SMILES string of the molecule is C=CC(=O)C(CCC)C(=O)OC(=O)C(CCC)C(=O)C=C. The zero-order valence-corrected chi connectivity index (χ0v) is 12.6. The number of hydrogen-bond donors (Lipinski definition) is 0. The van der Waals surface area contributed by atoms with Gasteiger partial charge in [0, 0.05) is 0 Å². The average Bonchev–Trinajstić information content (AvgIpc) is 2.48. The third-order valence-corrected chi connectivity index (χ3v) is 3.01. The van der Waals surface area contributed by atoms with Crippen molar-refractivity contribution in [3.05, 3.63) is 25.3 Å². The van der Waals surface area contributed by atoms with Crippen molar-refractivity contribution in [1.29, 1.82) is 0 Å². The Bertz CT molecular complexity index is 396. The molecular weight excluding hydrogens is 272 g/mol. The molecule has 0 aliphatic rings. The van der Waals surface area contributed by atoms with Crippen LogP contribution in [-0.2, 0) is 23.9 Å². The van der Waals surface area contributed by atoms with Crippen molar-refractivity contribution in [2.75, 3.05) is 0 Å². The Kier molecular flexibility index (Phi) is 8.85. The molecule has 0 radical (unpaired) electrons. The van der Waals surface area contributed by atoms with Crippen LogP contribution in [0.5, 0.6) is 0 Å². The van der Waals surface area contributed by atoms with Crippen molar-refractivity contribution in [2.45, 2.75) is 39.5 Å². The molecule has 0 fully saturated rings. The summed E-state index contributed by atoms with van der Waals surface area (Å²) in [6.07, 6.45) is 3.76. The topological polar surface area (TPSA) is 77.5 Å². The molecule has 0 heterocycles. The highest BCUT2D eigenvalue weighted by Crippen LogP contribution is 2.15. The van der Waals surface area contributed by atoms with E-state index >= 15 is 0 Å². The lowest BCUT2D eigenvalue weighted by atomic mass is 9.97. The summed E-state index contributed by atoms with van der Waals surface area (Å²) >= 11 is 0. The van der Waals surface area contributed by atoms with E-state index in [0.29, 0.717) is 12.8 Å². The minimum absolute atomic E-state index is 0.269. The van der Waals surface area contributed by atoms with Gasteiger partial charge in [-0.2, -0.15) is 0 Å². The number of ether oxygens (including phenoxy) is 1. The Morgan fingerprint density at radius 3 is 1.43 bits per heavy atom. The molecule has 0 bridgehead atoms. The Morgan fingerprint density at radius 1 is 0.857 bits per heavy atom. The van der Waals surface area contributed by atoms with Gasteiger partial charge < -0.3 is 4.74 Å². The molecule has 5 heteroatoms. The molecule has 21 heavy (non-hydrogen) atoms. The molecule has 0 aromatic carbocycles. The van der Waals surface area contributed by atoms with Gasteiger partial charge in [-0.15, -0.1) is 0 Å². The van der Waals surface area contributed by atoms with Crippen LogP contribution in [0.2, 0.25) is 0 Å². The number of rotatable bonds is 10. The minimum Gasteiger partial charge on any atom is -0.392 e. The lowest BCUT2D eigenvalue weighted by molar-refractivity contribution is -0.166. The van der Waals surface area contributed by atoms with Crippen LogP contribution in [-0.4, -0.2) is 23.5 Å². The third kappa shape index (κ3) is 5.85. The van der Waals surface area contributed by atoms with Gasteiger partial charge >= 0.3 is 11.9 Å². The first-order valence-electron chi connectivity index (χ1n) is 7.00. The van der Waals surface area contributed by atoms with Gasteiger partial charge in [-0.25, -0.2) is 0 Å². The molecule has 5 nitrogen and oxygen atoms in total. The molecule has 0 saturated heterocycles. The summed E-state index contributed by atoms with van der Waals surface area (Å²) in [7, 11) is 0. The molecule has 0 rings (SSSR count). The average molecular weight is 294 g/mol. The van der Waals surface area contributed by atoms with Crippen LogP contribution in [0.1, 0.15) is 39.5 Å². The lowest BCUT2D eigenvalue weighted by Crippen LogP contribution is -2.32. The van der Waals surface area contributed by atoms with Gasteiger partial charge in [0.2, 0.25) is 0 Å². The number of allylic oxidation sites excluding steroid dienone is 2. The second kappa shape index (κ2) is 9.80. The third-order valence-electron chi connectivity index (χ3n) is 3.01. The fourth-order valence-electron chi connectivity index (χ4n) is 1.86. The number of ketones is 2. The summed E-state index contributed by atoms with van der Waals surface area (Å²) in [6, 6.07) is 0. The second-order valence-corrected chi connectivity index (χ2v) is 4.64. The molecule has 2 unspecified atom stereocenters. The standard InChI is InChI=1S/C16H22O5/c1-5-9-11(13(17)7-3)15(19)21-16(20)12(10-6-2)14(18)8-4/h7-8,11-12H,3-6,9-10H2,1-2H3. The van der Waals surface area contributed by atoms with E-state index in [4.69, 9.17) is 4.74 Å². The van der Waals surface area contributed by atoms with Crippen LogP contribution < -0.4 is 0 Å². The monoisotopic (exact) mass is 294 g/mol. The van der Waals surface area contributed by atoms with Gasteiger partial charge in [-0.1, -0.05) is 39.8 Å². The largest absolute Gasteiger partial charge is 0.392 e. The van der Waals surface area contributed by atoms with Crippen molar-refractivity contribution in [3.8, 4) is 0 Å². The molecule has 0 spiro atoms. The van der Waals surface area contributed by atoms with Gasteiger partial charge in [-0.3, -0.25) is 19.2 Å². The van der Waals surface area contributed by atoms with E-state index in [1.807, 2.05) is 0 Å². The zero-order valence-electron chi connectivity index (χ0n) is 12.6. The van der Waals surface area contributed by atoms with Crippen molar-refractivity contribution >= 4 is 23.5 Å². The van der Waals surface area contributed by atoms with E-state index in [1.165, 1.54) is 0 Å². The molecular formula is C16H22O5. The lowest BCUT2D eigenvalue weighted by Gasteiger charge is -2.15. The number of esters is 2. The summed E-state index contributed by atoms with van der Waals surface area (Å²) < 4.78 is 4.71. The van der Waals surface area contributed by atoms with E-state index in [0.717, 1.165) is 12.2 Å². The first kappa shape index (κ1) is 19.0. The van der Waals surface area contributed by atoms with Gasteiger partial charge in [0.25, 0.3) is 0 Å². The van der Waals surface area contributed by atoms with E-state index in [1.54, 1.807) is 13.8 Å². The first-order chi connectivity index (χ1) is 9.92. The second-order valence-electron chi connectivity index (χ2n) is 4.64. The quantitative estimate of drug-likeness (QED) is 0.351. The van der Waals surface area contributed by atoms with Crippen LogP contribution in [0.25, 0.3) is 0 Å². The highest BCUT2D eigenvalue weighted by Gasteiger charge is 2.32. The molecule has 0 aromatic heterocycles. The molecule has 0 aromatic rings. The fraction of sp³-hybridized carbons (Fsp3) is 0.500. The van der Waals surface area contributed by atoms with E-state index < -0.39 is 35.3 Å². The highest BCUT2D eigenvalue weighted by molar-refractivity contribution is 6.10. The van der Waals surface area contributed by atoms with Crippen molar-refractivity contribution in [1.82, 2.24) is 0 Å². The van der Waals surface area contributed by atoms with Gasteiger partial charge in [0.05, 0.1) is 0 Å². The smallest absolute Gasteiger partial charge is 0.324 e. The summed E-state index contributed by atoms with van der Waals surface area (Å²) in [4.78, 5) is 47.0. The van der Waals surface area contributed by atoms with Gasteiger partial charge in [0.1, 0.15) is 11.8 Å². The summed E-state index contributed by atoms with van der Waals surface area (Å²) in [5, 5.41) is 0. The van der Waals surface area contributed by atoms with Crippen molar-refractivity contribution in [2.24, 2.45) is 11.8 Å². The molecule has 2 atom stereocenters. The highest BCUT2D eigenvalue weighted by atomic mass is 16.6. The van der Waals surface area contributed by atoms with Crippen molar-refractivity contribution < 1.29 is 23.9 Å². The Hall–Kier alpha value is -2.04. The predicted molar refractivity (Wildman–Crippen MR) is 78.3 cm³/mol. The van der Waals surface area contributed by atoms with Crippen LogP contribution in [0.15, 0.2) is 25.3 Å². The predicted octanol–water partition coefficient (Wildman–Crippen LogP) is 2.40. The summed E-state index contributed by atoms with van der Waals surface area (Å²) in [5.41, 5.74) is 0. The maximum atomic E-state index is 11.9.